The number of halogens is 1. The molecule has 0 heterocycles. The third kappa shape index (κ3) is 3.91. The van der Waals surface area contributed by atoms with Gasteiger partial charge in [-0.2, -0.15) is 0 Å². The second-order valence-electron chi connectivity index (χ2n) is 5.01. The zero-order valence-electron chi connectivity index (χ0n) is 12.2. The lowest BCUT2D eigenvalue weighted by Crippen LogP contribution is -2.30. The van der Waals surface area contributed by atoms with Gasteiger partial charge in [-0.15, -0.1) is 0 Å². The maximum atomic E-state index is 13.1. The number of rotatable bonds is 6. The quantitative estimate of drug-likeness (QED) is 0.858. The summed E-state index contributed by atoms with van der Waals surface area (Å²) in [4.78, 5) is 0.0350. The van der Waals surface area contributed by atoms with E-state index in [4.69, 9.17) is 0 Å². The Hall–Kier alpha value is -1.76. The van der Waals surface area contributed by atoms with Gasteiger partial charge in [0.2, 0.25) is 10.0 Å². The van der Waals surface area contributed by atoms with Crippen molar-refractivity contribution in [3.63, 3.8) is 0 Å². The molecule has 0 aliphatic heterocycles. The van der Waals surface area contributed by atoms with Gasteiger partial charge in [0.15, 0.2) is 0 Å². The van der Waals surface area contributed by atoms with Crippen LogP contribution in [-0.2, 0) is 10.0 Å². The molecule has 0 radical (unpaired) electrons. The second kappa shape index (κ2) is 7.00. The van der Waals surface area contributed by atoms with Crippen molar-refractivity contribution in [3.05, 3.63) is 65.5 Å². The summed E-state index contributed by atoms with van der Waals surface area (Å²) >= 11 is 0. The zero-order chi connectivity index (χ0) is 16.2. The summed E-state index contributed by atoms with van der Waals surface area (Å²) in [5.41, 5.74) is 1.10. The molecule has 0 aliphatic carbocycles. The topological polar surface area (TPSA) is 66.4 Å². The third-order valence-electron chi connectivity index (χ3n) is 3.34. The van der Waals surface area contributed by atoms with Crippen LogP contribution in [0.25, 0.3) is 0 Å². The highest BCUT2D eigenvalue weighted by Crippen LogP contribution is 2.22. The first-order chi connectivity index (χ1) is 10.4. The van der Waals surface area contributed by atoms with Crippen LogP contribution in [0, 0.1) is 12.7 Å². The van der Waals surface area contributed by atoms with Crippen LogP contribution in [0.5, 0.6) is 0 Å². The molecule has 2 N–H and O–H groups in total. The molecule has 2 rings (SSSR count). The van der Waals surface area contributed by atoms with Crippen LogP contribution >= 0.6 is 0 Å². The van der Waals surface area contributed by atoms with E-state index in [0.29, 0.717) is 5.56 Å². The molecule has 0 unspecified atom stereocenters. The fourth-order valence-electron chi connectivity index (χ4n) is 2.27. The Morgan fingerprint density at radius 2 is 1.86 bits per heavy atom. The Labute approximate surface area is 129 Å². The van der Waals surface area contributed by atoms with Crippen molar-refractivity contribution in [1.29, 1.82) is 0 Å². The molecule has 0 spiro atoms. The smallest absolute Gasteiger partial charge is 0.241 e. The Balaban J connectivity index is 2.32. The molecule has 2 aromatic carbocycles. The standard InChI is InChI=1S/C16H18FNO3S/c1-12-11-14(17)7-8-16(12)22(20,21)18-15(9-10-19)13-5-3-2-4-6-13/h2-8,11,15,18-19H,9-10H2,1H3/t15-/m1/s1. The van der Waals surface area contributed by atoms with E-state index in [1.165, 1.54) is 12.1 Å². The monoisotopic (exact) mass is 323 g/mol. The van der Waals surface area contributed by atoms with Crippen molar-refractivity contribution in [2.45, 2.75) is 24.3 Å². The van der Waals surface area contributed by atoms with Gasteiger partial charge in [-0.3, -0.25) is 0 Å². The van der Waals surface area contributed by atoms with Crippen molar-refractivity contribution in [3.8, 4) is 0 Å². The zero-order valence-corrected chi connectivity index (χ0v) is 13.0. The summed E-state index contributed by atoms with van der Waals surface area (Å²) in [6, 6.07) is 12.0. The Morgan fingerprint density at radius 1 is 1.18 bits per heavy atom. The lowest BCUT2D eigenvalue weighted by Gasteiger charge is -2.19. The number of hydrogen-bond donors (Lipinski definition) is 2. The second-order valence-corrected chi connectivity index (χ2v) is 6.69. The lowest BCUT2D eigenvalue weighted by atomic mass is 10.1. The highest BCUT2D eigenvalue weighted by molar-refractivity contribution is 7.89. The molecule has 1 atom stereocenters. The minimum Gasteiger partial charge on any atom is -0.396 e. The third-order valence-corrected chi connectivity index (χ3v) is 4.98. The number of hydrogen-bond acceptors (Lipinski definition) is 3. The van der Waals surface area contributed by atoms with E-state index < -0.39 is 21.9 Å². The van der Waals surface area contributed by atoms with E-state index in [1.807, 2.05) is 6.07 Å². The summed E-state index contributed by atoms with van der Waals surface area (Å²) in [6.07, 6.45) is 0.253. The van der Waals surface area contributed by atoms with E-state index in [2.05, 4.69) is 4.72 Å². The molecular weight excluding hydrogens is 305 g/mol. The molecule has 2 aromatic rings. The highest BCUT2D eigenvalue weighted by Gasteiger charge is 2.22. The van der Waals surface area contributed by atoms with E-state index >= 15 is 0 Å². The summed E-state index contributed by atoms with van der Waals surface area (Å²) in [5.74, 6) is -0.480. The number of aliphatic hydroxyl groups is 1. The van der Waals surface area contributed by atoms with Crippen LogP contribution in [0.15, 0.2) is 53.4 Å². The van der Waals surface area contributed by atoms with Gasteiger partial charge in [-0.25, -0.2) is 17.5 Å². The Bertz CT molecular complexity index is 732. The number of benzene rings is 2. The van der Waals surface area contributed by atoms with Crippen LogP contribution in [-0.4, -0.2) is 20.1 Å². The fraction of sp³-hybridized carbons (Fsp3) is 0.250. The molecule has 118 valence electrons. The molecule has 4 nitrogen and oxygen atoms in total. The first-order valence-electron chi connectivity index (χ1n) is 6.88. The van der Waals surface area contributed by atoms with Crippen molar-refractivity contribution in [1.82, 2.24) is 4.72 Å². The Morgan fingerprint density at radius 3 is 2.45 bits per heavy atom. The molecule has 0 saturated carbocycles. The highest BCUT2D eigenvalue weighted by atomic mass is 32.2. The van der Waals surface area contributed by atoms with Crippen LogP contribution < -0.4 is 4.72 Å². The largest absolute Gasteiger partial charge is 0.396 e. The number of aliphatic hydroxyl groups excluding tert-OH is 1. The first kappa shape index (κ1) is 16.6. The average molecular weight is 323 g/mol. The molecule has 22 heavy (non-hydrogen) atoms. The summed E-state index contributed by atoms with van der Waals surface area (Å²) in [7, 11) is -3.81. The van der Waals surface area contributed by atoms with E-state index in [1.54, 1.807) is 31.2 Å². The summed E-state index contributed by atoms with van der Waals surface area (Å²) in [6.45, 7) is 1.39. The number of nitrogens with one attached hydrogen (secondary N) is 1. The molecule has 0 aliphatic rings. The number of sulfonamides is 1. The van der Waals surface area contributed by atoms with Gasteiger partial charge in [-0.05, 0) is 42.7 Å². The van der Waals surface area contributed by atoms with Crippen molar-refractivity contribution < 1.29 is 17.9 Å². The molecule has 0 fully saturated rings. The average Bonchev–Trinajstić information content (AvgIpc) is 2.47. The molecule has 0 saturated heterocycles. The van der Waals surface area contributed by atoms with Gasteiger partial charge in [0.1, 0.15) is 5.82 Å². The van der Waals surface area contributed by atoms with Gasteiger partial charge in [0, 0.05) is 12.6 Å². The summed E-state index contributed by atoms with van der Waals surface area (Å²) < 4.78 is 40.7. The maximum absolute atomic E-state index is 13.1. The minimum atomic E-state index is -3.81. The molecule has 6 heteroatoms. The molecule has 0 bridgehead atoms. The SMILES string of the molecule is Cc1cc(F)ccc1S(=O)(=O)N[C@H](CCO)c1ccccc1. The molecule has 0 aromatic heterocycles. The van der Waals surface area contributed by atoms with Gasteiger partial charge in [0.05, 0.1) is 4.90 Å². The predicted molar refractivity (Wildman–Crippen MR) is 82.3 cm³/mol. The maximum Gasteiger partial charge on any atom is 0.241 e. The first-order valence-corrected chi connectivity index (χ1v) is 8.36. The lowest BCUT2D eigenvalue weighted by molar-refractivity contribution is 0.272. The predicted octanol–water partition coefficient (Wildman–Crippen LogP) is 2.54. The van der Waals surface area contributed by atoms with Gasteiger partial charge in [-0.1, -0.05) is 30.3 Å². The van der Waals surface area contributed by atoms with E-state index in [9.17, 15) is 17.9 Å². The Kier molecular flexibility index (Phi) is 5.28. The molecular formula is C16H18FNO3S. The van der Waals surface area contributed by atoms with Crippen LogP contribution in [0.1, 0.15) is 23.6 Å². The fourth-order valence-corrected chi connectivity index (χ4v) is 3.76. The normalized spacial score (nSPS) is 13.0. The van der Waals surface area contributed by atoms with Gasteiger partial charge < -0.3 is 5.11 Å². The minimum absolute atomic E-state index is 0.0350. The number of aryl methyl sites for hydroxylation is 1. The summed E-state index contributed by atoms with van der Waals surface area (Å²) in [5, 5.41) is 9.17. The van der Waals surface area contributed by atoms with Crippen LogP contribution in [0.3, 0.4) is 0 Å². The van der Waals surface area contributed by atoms with Gasteiger partial charge in [0.25, 0.3) is 0 Å². The molecule has 0 amide bonds. The van der Waals surface area contributed by atoms with Crippen molar-refractivity contribution >= 4 is 10.0 Å². The van der Waals surface area contributed by atoms with Crippen LogP contribution in [0.2, 0.25) is 0 Å². The van der Waals surface area contributed by atoms with E-state index in [-0.39, 0.29) is 17.9 Å². The van der Waals surface area contributed by atoms with Crippen LogP contribution in [0.4, 0.5) is 4.39 Å². The van der Waals surface area contributed by atoms with Gasteiger partial charge >= 0.3 is 0 Å². The van der Waals surface area contributed by atoms with E-state index in [0.717, 1.165) is 11.6 Å². The van der Waals surface area contributed by atoms with Crippen molar-refractivity contribution in [2.24, 2.45) is 0 Å². The van der Waals surface area contributed by atoms with Crippen molar-refractivity contribution in [2.75, 3.05) is 6.61 Å².